The average molecular weight is 390 g/mol. The van der Waals surface area contributed by atoms with Crippen LogP contribution in [-0.4, -0.2) is 23.0 Å². The van der Waals surface area contributed by atoms with Crippen LogP contribution in [0.3, 0.4) is 0 Å². The summed E-state index contributed by atoms with van der Waals surface area (Å²) in [6, 6.07) is 21.8. The SMILES string of the molecule is Cc1ccccc1C(=NO)c1ccc(N(C)c2ccc3[nH]ccc3c2)cc1Cl. The second kappa shape index (κ2) is 7.41. The van der Waals surface area contributed by atoms with Gasteiger partial charge >= 0.3 is 0 Å². The molecule has 140 valence electrons. The summed E-state index contributed by atoms with van der Waals surface area (Å²) in [6.45, 7) is 1.98. The Morgan fingerprint density at radius 2 is 1.71 bits per heavy atom. The number of aromatic nitrogens is 1. The van der Waals surface area contributed by atoms with Gasteiger partial charge in [-0.15, -0.1) is 0 Å². The predicted molar refractivity (Wildman–Crippen MR) is 116 cm³/mol. The highest BCUT2D eigenvalue weighted by atomic mass is 35.5. The maximum Gasteiger partial charge on any atom is 0.118 e. The van der Waals surface area contributed by atoms with E-state index in [9.17, 15) is 5.21 Å². The van der Waals surface area contributed by atoms with Crippen molar-refractivity contribution in [1.29, 1.82) is 0 Å². The molecule has 0 aliphatic rings. The van der Waals surface area contributed by atoms with Crippen molar-refractivity contribution < 1.29 is 5.21 Å². The normalized spacial score (nSPS) is 11.8. The zero-order valence-electron chi connectivity index (χ0n) is 15.6. The smallest absolute Gasteiger partial charge is 0.118 e. The van der Waals surface area contributed by atoms with Crippen LogP contribution in [0.5, 0.6) is 0 Å². The molecule has 1 heterocycles. The van der Waals surface area contributed by atoms with Crippen molar-refractivity contribution in [2.24, 2.45) is 5.16 Å². The number of benzene rings is 3. The Bertz CT molecular complexity index is 1180. The molecule has 1 aromatic heterocycles. The van der Waals surface area contributed by atoms with Crippen LogP contribution < -0.4 is 4.90 Å². The van der Waals surface area contributed by atoms with Crippen LogP contribution in [0.2, 0.25) is 5.02 Å². The van der Waals surface area contributed by atoms with E-state index < -0.39 is 0 Å². The van der Waals surface area contributed by atoms with E-state index >= 15 is 0 Å². The molecule has 28 heavy (non-hydrogen) atoms. The summed E-state index contributed by atoms with van der Waals surface area (Å²) in [4.78, 5) is 5.28. The number of halogens is 1. The van der Waals surface area contributed by atoms with Crippen molar-refractivity contribution in [1.82, 2.24) is 4.98 Å². The number of H-pyrrole nitrogens is 1. The molecule has 0 aliphatic heterocycles. The fraction of sp³-hybridized carbons (Fsp3) is 0.0870. The first-order valence-corrected chi connectivity index (χ1v) is 9.35. The van der Waals surface area contributed by atoms with Crippen molar-refractivity contribution >= 4 is 39.6 Å². The van der Waals surface area contributed by atoms with E-state index in [0.29, 0.717) is 16.3 Å². The molecule has 5 heteroatoms. The number of hydrogen-bond donors (Lipinski definition) is 2. The number of anilines is 2. The van der Waals surface area contributed by atoms with E-state index in [4.69, 9.17) is 11.6 Å². The van der Waals surface area contributed by atoms with Gasteiger partial charge in [-0.2, -0.15) is 0 Å². The number of nitrogens with one attached hydrogen (secondary N) is 1. The van der Waals surface area contributed by atoms with E-state index in [2.05, 4.69) is 39.3 Å². The van der Waals surface area contributed by atoms with Crippen molar-refractivity contribution in [2.45, 2.75) is 6.92 Å². The third kappa shape index (κ3) is 3.23. The van der Waals surface area contributed by atoms with Crippen molar-refractivity contribution in [3.05, 3.63) is 94.6 Å². The molecule has 0 atom stereocenters. The Balaban J connectivity index is 1.70. The maximum atomic E-state index is 9.63. The minimum atomic E-state index is 0.464. The largest absolute Gasteiger partial charge is 0.410 e. The monoisotopic (exact) mass is 389 g/mol. The summed E-state index contributed by atoms with van der Waals surface area (Å²) in [5, 5.41) is 14.8. The van der Waals surface area contributed by atoms with E-state index in [-0.39, 0.29) is 0 Å². The number of aryl methyl sites for hydroxylation is 1. The van der Waals surface area contributed by atoms with Crippen LogP contribution >= 0.6 is 11.6 Å². The third-order valence-corrected chi connectivity index (χ3v) is 5.33. The number of fused-ring (bicyclic) bond motifs is 1. The average Bonchev–Trinajstić information content (AvgIpc) is 3.18. The molecular weight excluding hydrogens is 370 g/mol. The van der Waals surface area contributed by atoms with Gasteiger partial charge < -0.3 is 15.1 Å². The van der Waals surface area contributed by atoms with Crippen LogP contribution in [0, 0.1) is 6.92 Å². The lowest BCUT2D eigenvalue weighted by Gasteiger charge is -2.21. The van der Waals surface area contributed by atoms with Crippen molar-refractivity contribution in [3.63, 3.8) is 0 Å². The molecule has 4 aromatic rings. The fourth-order valence-electron chi connectivity index (χ4n) is 3.39. The molecule has 0 radical (unpaired) electrons. The van der Waals surface area contributed by atoms with Crippen LogP contribution in [0.1, 0.15) is 16.7 Å². The second-order valence-corrected chi connectivity index (χ2v) is 7.14. The van der Waals surface area contributed by atoms with Gasteiger partial charge in [-0.3, -0.25) is 0 Å². The summed E-state index contributed by atoms with van der Waals surface area (Å²) in [5.74, 6) is 0. The van der Waals surface area contributed by atoms with Crippen molar-refractivity contribution in [2.75, 3.05) is 11.9 Å². The highest BCUT2D eigenvalue weighted by molar-refractivity contribution is 6.35. The molecule has 0 saturated carbocycles. The van der Waals surface area contributed by atoms with Crippen LogP contribution in [0.15, 0.2) is 78.1 Å². The minimum Gasteiger partial charge on any atom is -0.410 e. The van der Waals surface area contributed by atoms with Gasteiger partial charge in [-0.25, -0.2) is 0 Å². The summed E-state index contributed by atoms with van der Waals surface area (Å²) < 4.78 is 0. The maximum absolute atomic E-state index is 9.63. The molecular formula is C23H20ClN3O. The molecule has 3 aromatic carbocycles. The van der Waals surface area contributed by atoms with Gasteiger partial charge in [-0.05, 0) is 55.0 Å². The Morgan fingerprint density at radius 1 is 0.964 bits per heavy atom. The van der Waals surface area contributed by atoms with Gasteiger partial charge in [0.05, 0.1) is 5.02 Å². The molecule has 2 N–H and O–H groups in total. The molecule has 0 unspecified atom stereocenters. The Labute approximate surface area is 168 Å². The van der Waals surface area contributed by atoms with Crippen LogP contribution in [0.4, 0.5) is 11.4 Å². The lowest BCUT2D eigenvalue weighted by molar-refractivity contribution is 0.319. The first kappa shape index (κ1) is 18.1. The predicted octanol–water partition coefficient (Wildman–Crippen LogP) is 6.12. The number of oxime groups is 1. The fourth-order valence-corrected chi connectivity index (χ4v) is 3.66. The molecule has 0 amide bonds. The quantitative estimate of drug-likeness (QED) is 0.251. The zero-order chi connectivity index (χ0) is 19.7. The van der Waals surface area contributed by atoms with Gasteiger partial charge in [-0.1, -0.05) is 41.0 Å². The van der Waals surface area contributed by atoms with E-state index in [1.165, 1.54) is 0 Å². The second-order valence-electron chi connectivity index (χ2n) is 6.74. The van der Waals surface area contributed by atoms with E-state index in [0.717, 1.165) is 33.4 Å². The number of nitrogens with zero attached hydrogens (tertiary/aromatic N) is 2. The van der Waals surface area contributed by atoms with Crippen LogP contribution in [-0.2, 0) is 0 Å². The highest BCUT2D eigenvalue weighted by Crippen LogP contribution is 2.31. The molecule has 0 fully saturated rings. The molecule has 0 saturated heterocycles. The Hall–Kier alpha value is -3.24. The first-order valence-electron chi connectivity index (χ1n) is 8.97. The summed E-state index contributed by atoms with van der Waals surface area (Å²) in [6.07, 6.45) is 1.93. The van der Waals surface area contributed by atoms with Gasteiger partial charge in [0.2, 0.25) is 0 Å². The summed E-state index contributed by atoms with van der Waals surface area (Å²) >= 11 is 6.59. The molecule has 4 rings (SSSR count). The zero-order valence-corrected chi connectivity index (χ0v) is 16.4. The van der Waals surface area contributed by atoms with E-state index in [1.54, 1.807) is 0 Å². The first-order chi connectivity index (χ1) is 13.6. The molecule has 0 bridgehead atoms. The van der Waals surface area contributed by atoms with Crippen molar-refractivity contribution in [3.8, 4) is 0 Å². The number of rotatable bonds is 4. The standard InChI is InChI=1S/C23H20ClN3O/c1-15-5-3-4-6-19(15)23(26-28)20-9-7-18(14-21(20)24)27(2)17-8-10-22-16(13-17)11-12-25-22/h3-14,25,28H,1-2H3. The van der Waals surface area contributed by atoms with Gasteiger partial charge in [0, 0.05) is 46.6 Å². The number of aromatic amines is 1. The highest BCUT2D eigenvalue weighted by Gasteiger charge is 2.15. The van der Waals surface area contributed by atoms with Crippen LogP contribution in [0.25, 0.3) is 10.9 Å². The van der Waals surface area contributed by atoms with Gasteiger partial charge in [0.1, 0.15) is 5.71 Å². The Morgan fingerprint density at radius 3 is 2.46 bits per heavy atom. The van der Waals surface area contributed by atoms with Gasteiger partial charge in [0.15, 0.2) is 0 Å². The molecule has 4 nitrogen and oxygen atoms in total. The minimum absolute atomic E-state index is 0.464. The van der Waals surface area contributed by atoms with E-state index in [1.807, 2.05) is 62.6 Å². The summed E-state index contributed by atoms with van der Waals surface area (Å²) in [7, 11) is 2.00. The summed E-state index contributed by atoms with van der Waals surface area (Å²) in [5.41, 5.74) is 6.14. The Kier molecular flexibility index (Phi) is 4.80. The lowest BCUT2D eigenvalue weighted by Crippen LogP contribution is -2.11. The number of hydrogen-bond acceptors (Lipinski definition) is 3. The third-order valence-electron chi connectivity index (χ3n) is 5.02. The van der Waals surface area contributed by atoms with Gasteiger partial charge in [0.25, 0.3) is 0 Å². The molecule has 0 aliphatic carbocycles. The topological polar surface area (TPSA) is 51.6 Å². The molecule has 0 spiro atoms. The lowest BCUT2D eigenvalue weighted by atomic mass is 9.98.